The van der Waals surface area contributed by atoms with E-state index in [9.17, 15) is 0 Å². The fourth-order valence-corrected chi connectivity index (χ4v) is 1.74. The van der Waals surface area contributed by atoms with Crippen molar-refractivity contribution >= 4 is 11.0 Å². The average molecular weight is 231 g/mol. The summed E-state index contributed by atoms with van der Waals surface area (Å²) in [6.45, 7) is 2.61. The van der Waals surface area contributed by atoms with Gasteiger partial charge in [-0.05, 0) is 31.5 Å². The van der Waals surface area contributed by atoms with Crippen molar-refractivity contribution in [1.82, 2.24) is 15.0 Å². The Kier molecular flexibility index (Phi) is 3.61. The average Bonchev–Trinajstić information content (AvgIpc) is 2.29. The summed E-state index contributed by atoms with van der Waals surface area (Å²) in [5.74, 6) is 0.733. The lowest BCUT2D eigenvalue weighted by Crippen LogP contribution is -2.26. The van der Waals surface area contributed by atoms with Gasteiger partial charge in [0.25, 0.3) is 0 Å². The van der Waals surface area contributed by atoms with Crippen LogP contribution in [0.25, 0.3) is 11.0 Å². The zero-order valence-electron chi connectivity index (χ0n) is 9.93. The van der Waals surface area contributed by atoms with Gasteiger partial charge in [0.1, 0.15) is 5.82 Å². The lowest BCUT2D eigenvalue weighted by atomic mass is 10.1. The Bertz CT molecular complexity index is 511. The molecule has 0 saturated carbocycles. The van der Waals surface area contributed by atoms with Gasteiger partial charge in [-0.2, -0.15) is 0 Å². The predicted octanol–water partition coefficient (Wildman–Crippen LogP) is 0.552. The Morgan fingerprint density at radius 3 is 2.94 bits per heavy atom. The minimum Gasteiger partial charge on any atom is -0.330 e. The number of hydrogen-bond acceptors (Lipinski definition) is 5. The number of rotatable bonds is 4. The molecule has 17 heavy (non-hydrogen) atoms. The number of fused-ring (bicyclic) bond motifs is 1. The van der Waals surface area contributed by atoms with Crippen molar-refractivity contribution in [3.8, 4) is 0 Å². The van der Waals surface area contributed by atoms with Crippen molar-refractivity contribution in [1.29, 1.82) is 0 Å². The van der Waals surface area contributed by atoms with E-state index >= 15 is 0 Å². The van der Waals surface area contributed by atoms with Crippen LogP contribution in [0.4, 0.5) is 0 Å². The summed E-state index contributed by atoms with van der Waals surface area (Å²) in [4.78, 5) is 13.0. The third-order valence-corrected chi connectivity index (χ3v) is 2.75. The second-order valence-electron chi connectivity index (χ2n) is 4.19. The highest BCUT2D eigenvalue weighted by Crippen LogP contribution is 2.13. The van der Waals surface area contributed by atoms with E-state index in [-0.39, 0.29) is 6.04 Å². The Balaban J connectivity index is 2.26. The molecule has 1 atom stereocenters. The molecule has 0 radical (unpaired) electrons. The molecular weight excluding hydrogens is 214 g/mol. The number of aryl methyl sites for hydroxylation is 1. The molecule has 0 aliphatic rings. The summed E-state index contributed by atoms with van der Waals surface area (Å²) in [6.07, 6.45) is 4.99. The fourth-order valence-electron chi connectivity index (χ4n) is 1.74. The van der Waals surface area contributed by atoms with E-state index in [4.69, 9.17) is 11.5 Å². The van der Waals surface area contributed by atoms with Crippen molar-refractivity contribution in [2.24, 2.45) is 11.5 Å². The number of pyridine rings is 1. The van der Waals surface area contributed by atoms with Crippen LogP contribution < -0.4 is 11.5 Å². The lowest BCUT2D eigenvalue weighted by molar-refractivity contribution is 0.602. The smallest absolute Gasteiger partial charge is 0.163 e. The van der Waals surface area contributed by atoms with Crippen LogP contribution in [-0.4, -0.2) is 27.5 Å². The summed E-state index contributed by atoms with van der Waals surface area (Å²) >= 11 is 0. The van der Waals surface area contributed by atoms with Gasteiger partial charge in [0.15, 0.2) is 5.65 Å². The summed E-state index contributed by atoms with van der Waals surface area (Å²) in [5, 5.41) is 0.989. The standard InChI is InChI=1S/C12H17N5/c1-8-3-5-15-12-10(8)7-16-11(17-12)6-9(14)2-4-13/h3,5,7,9H,2,4,6,13-14H2,1H3. The summed E-state index contributed by atoms with van der Waals surface area (Å²) in [5.41, 5.74) is 13.2. The van der Waals surface area contributed by atoms with Crippen LogP contribution in [0.1, 0.15) is 17.8 Å². The monoisotopic (exact) mass is 231 g/mol. The molecule has 0 aliphatic heterocycles. The van der Waals surface area contributed by atoms with E-state index < -0.39 is 0 Å². The van der Waals surface area contributed by atoms with E-state index in [1.54, 1.807) is 6.20 Å². The normalized spacial score (nSPS) is 12.9. The second-order valence-corrected chi connectivity index (χ2v) is 4.19. The molecule has 0 aliphatic carbocycles. The zero-order valence-corrected chi connectivity index (χ0v) is 9.93. The molecule has 5 nitrogen and oxygen atoms in total. The van der Waals surface area contributed by atoms with Crippen LogP contribution in [0.2, 0.25) is 0 Å². The highest BCUT2D eigenvalue weighted by atomic mass is 14.9. The van der Waals surface area contributed by atoms with Crippen molar-refractivity contribution in [3.63, 3.8) is 0 Å². The summed E-state index contributed by atoms with van der Waals surface area (Å²) in [7, 11) is 0. The van der Waals surface area contributed by atoms with Gasteiger partial charge in [0.2, 0.25) is 0 Å². The number of aromatic nitrogens is 3. The maximum Gasteiger partial charge on any atom is 0.163 e. The molecule has 0 bridgehead atoms. The van der Waals surface area contributed by atoms with Gasteiger partial charge >= 0.3 is 0 Å². The van der Waals surface area contributed by atoms with Gasteiger partial charge in [0, 0.05) is 30.2 Å². The molecule has 0 aromatic carbocycles. The molecule has 0 amide bonds. The lowest BCUT2D eigenvalue weighted by Gasteiger charge is -2.09. The molecule has 0 spiro atoms. The molecule has 0 saturated heterocycles. The SMILES string of the molecule is Cc1ccnc2nc(CC(N)CCN)ncc12. The molecule has 1 unspecified atom stereocenters. The van der Waals surface area contributed by atoms with Crippen molar-refractivity contribution in [2.45, 2.75) is 25.8 Å². The summed E-state index contributed by atoms with van der Waals surface area (Å²) in [6, 6.07) is 1.97. The molecular formula is C12H17N5. The van der Waals surface area contributed by atoms with E-state index in [1.165, 1.54) is 0 Å². The predicted molar refractivity (Wildman–Crippen MR) is 67.4 cm³/mol. The van der Waals surface area contributed by atoms with E-state index in [2.05, 4.69) is 15.0 Å². The Morgan fingerprint density at radius 2 is 2.18 bits per heavy atom. The molecule has 4 N–H and O–H groups in total. The van der Waals surface area contributed by atoms with Crippen molar-refractivity contribution in [2.75, 3.05) is 6.54 Å². The minimum atomic E-state index is 0.0160. The Hall–Kier alpha value is -1.59. The quantitative estimate of drug-likeness (QED) is 0.802. The second kappa shape index (κ2) is 5.16. The summed E-state index contributed by atoms with van der Waals surface area (Å²) < 4.78 is 0. The van der Waals surface area contributed by atoms with Crippen molar-refractivity contribution in [3.05, 3.63) is 29.8 Å². The van der Waals surface area contributed by atoms with Crippen molar-refractivity contribution < 1.29 is 0 Å². The Morgan fingerprint density at radius 1 is 1.35 bits per heavy atom. The fraction of sp³-hybridized carbons (Fsp3) is 0.417. The molecule has 90 valence electrons. The van der Waals surface area contributed by atoms with E-state index in [0.717, 1.165) is 28.8 Å². The van der Waals surface area contributed by atoms with Gasteiger partial charge in [0.05, 0.1) is 0 Å². The molecule has 5 heteroatoms. The minimum absolute atomic E-state index is 0.0160. The third kappa shape index (κ3) is 2.75. The molecule has 2 aromatic heterocycles. The molecule has 2 heterocycles. The maximum atomic E-state index is 5.91. The van der Waals surface area contributed by atoms with Gasteiger partial charge in [-0.1, -0.05) is 0 Å². The first-order valence-electron chi connectivity index (χ1n) is 5.73. The van der Waals surface area contributed by atoms with Gasteiger partial charge in [-0.3, -0.25) is 0 Å². The van der Waals surface area contributed by atoms with Crippen LogP contribution in [0.15, 0.2) is 18.5 Å². The molecule has 2 rings (SSSR count). The number of nitrogens with two attached hydrogens (primary N) is 2. The number of hydrogen-bond donors (Lipinski definition) is 2. The first kappa shape index (κ1) is 11.9. The number of nitrogens with zero attached hydrogens (tertiary/aromatic N) is 3. The molecule has 2 aromatic rings. The zero-order chi connectivity index (χ0) is 12.3. The van der Waals surface area contributed by atoms with E-state index in [1.807, 2.05) is 19.2 Å². The van der Waals surface area contributed by atoms with Crippen LogP contribution in [0.3, 0.4) is 0 Å². The van der Waals surface area contributed by atoms with Crippen LogP contribution >= 0.6 is 0 Å². The van der Waals surface area contributed by atoms with Crippen LogP contribution in [0.5, 0.6) is 0 Å². The van der Waals surface area contributed by atoms with Gasteiger partial charge in [-0.15, -0.1) is 0 Å². The van der Waals surface area contributed by atoms with Gasteiger partial charge in [-0.25, -0.2) is 15.0 Å². The largest absolute Gasteiger partial charge is 0.330 e. The van der Waals surface area contributed by atoms with Crippen LogP contribution in [-0.2, 0) is 6.42 Å². The first-order chi connectivity index (χ1) is 8.20. The topological polar surface area (TPSA) is 90.7 Å². The van der Waals surface area contributed by atoms with Gasteiger partial charge < -0.3 is 11.5 Å². The van der Waals surface area contributed by atoms with Crippen LogP contribution in [0, 0.1) is 6.92 Å². The van der Waals surface area contributed by atoms with E-state index in [0.29, 0.717) is 13.0 Å². The highest BCUT2D eigenvalue weighted by molar-refractivity contribution is 5.76. The molecule has 0 fully saturated rings. The third-order valence-electron chi connectivity index (χ3n) is 2.75. The highest BCUT2D eigenvalue weighted by Gasteiger charge is 2.07. The Labute approximate surface area is 100 Å². The first-order valence-corrected chi connectivity index (χ1v) is 5.73. The maximum absolute atomic E-state index is 5.91.